The van der Waals surface area contributed by atoms with Crippen molar-refractivity contribution in [1.29, 1.82) is 0 Å². The van der Waals surface area contributed by atoms with Gasteiger partial charge in [-0.25, -0.2) is 4.21 Å². The average Bonchev–Trinajstić information content (AvgIpc) is 1.82. The van der Waals surface area contributed by atoms with Crippen molar-refractivity contribution in [2.45, 2.75) is 0 Å². The van der Waals surface area contributed by atoms with E-state index in [1.54, 1.807) is 0 Å². The molecule has 0 aromatic carbocycles. The van der Waals surface area contributed by atoms with E-state index >= 15 is 0 Å². The highest BCUT2D eigenvalue weighted by atomic mass is 32.3. The van der Waals surface area contributed by atoms with Gasteiger partial charge in [0.25, 0.3) is 0 Å². The van der Waals surface area contributed by atoms with Crippen molar-refractivity contribution in [1.82, 2.24) is 0 Å². The van der Waals surface area contributed by atoms with Gasteiger partial charge >= 0.3 is 22.7 Å². The third-order valence-electron chi connectivity index (χ3n) is 0.293. The Kier molecular flexibility index (Phi) is 6.03. The normalized spacial score (nSPS) is 19.1. The van der Waals surface area contributed by atoms with Crippen LogP contribution in [0.25, 0.3) is 0 Å². The molecule has 0 aromatic heterocycles. The first-order chi connectivity index (χ1) is 5.02. The molecule has 0 bridgehead atoms. The Bertz CT molecular complexity index is 186. The second kappa shape index (κ2) is 5.88. The van der Waals surface area contributed by atoms with Gasteiger partial charge in [-0.15, -0.1) is 7.96 Å². The van der Waals surface area contributed by atoms with Crippen LogP contribution in [0.5, 0.6) is 0 Å². The molecule has 0 aliphatic heterocycles. The standard InChI is InChI=1S/CH4O7S3/c1-9(2)6-7-11(5)8-10(3)4/h1H3,(H,3,4). The van der Waals surface area contributed by atoms with Gasteiger partial charge in [-0.1, -0.05) is 4.33 Å². The lowest BCUT2D eigenvalue weighted by Gasteiger charge is -1.94. The Hall–Kier alpha value is 0.290. The fourth-order valence-electron chi connectivity index (χ4n) is 0.121. The molecule has 3 atom stereocenters. The monoisotopic (exact) mass is 224 g/mol. The van der Waals surface area contributed by atoms with Crippen LogP contribution in [0.1, 0.15) is 0 Å². The van der Waals surface area contributed by atoms with Gasteiger partial charge in [0, 0.05) is 6.26 Å². The van der Waals surface area contributed by atoms with Crippen LogP contribution in [0.15, 0.2) is 0 Å². The Morgan fingerprint density at radius 3 is 2.09 bits per heavy atom. The molecule has 0 saturated heterocycles. The predicted molar refractivity (Wildman–Crippen MR) is 36.2 cm³/mol. The molecule has 0 aromatic rings. The Balaban J connectivity index is 3.53. The molecule has 0 aliphatic rings. The lowest BCUT2D eigenvalue weighted by Crippen LogP contribution is -2.05. The first-order valence-electron chi connectivity index (χ1n) is 1.92. The van der Waals surface area contributed by atoms with Gasteiger partial charge in [-0.3, -0.25) is 4.55 Å². The average molecular weight is 224 g/mol. The van der Waals surface area contributed by atoms with Crippen LogP contribution in [0.3, 0.4) is 0 Å². The lowest BCUT2D eigenvalue weighted by molar-refractivity contribution is -0.0771. The molecule has 0 saturated carbocycles. The molecule has 1 N–H and O–H groups in total. The first kappa shape index (κ1) is 11.3. The van der Waals surface area contributed by atoms with E-state index in [0.717, 1.165) is 6.26 Å². The summed E-state index contributed by atoms with van der Waals surface area (Å²) in [6.07, 6.45) is 1.10. The molecule has 0 spiro atoms. The molecule has 0 fully saturated rings. The molecule has 0 radical (unpaired) electrons. The summed E-state index contributed by atoms with van der Waals surface area (Å²) in [6.45, 7) is 0. The molecule has 0 aliphatic carbocycles. The molecule has 0 rings (SSSR count). The highest BCUT2D eigenvalue weighted by Crippen LogP contribution is 1.93. The Morgan fingerprint density at radius 1 is 1.18 bits per heavy atom. The summed E-state index contributed by atoms with van der Waals surface area (Å²) in [5.74, 6) is 0. The van der Waals surface area contributed by atoms with Crippen molar-refractivity contribution >= 4 is 33.8 Å². The van der Waals surface area contributed by atoms with Gasteiger partial charge in [0.05, 0.1) is 0 Å². The molecule has 0 amide bonds. The van der Waals surface area contributed by atoms with Crippen LogP contribution >= 0.6 is 0 Å². The highest BCUT2D eigenvalue weighted by molar-refractivity contribution is 7.88. The first-order valence-corrected chi connectivity index (χ1v) is 5.44. The van der Waals surface area contributed by atoms with Gasteiger partial charge in [0.1, 0.15) is 0 Å². The third kappa shape index (κ3) is 8.19. The fraction of sp³-hybridized carbons (Fsp3) is 1.00. The Morgan fingerprint density at radius 2 is 1.73 bits per heavy atom. The smallest absolute Gasteiger partial charge is 0.283 e. The van der Waals surface area contributed by atoms with Crippen LogP contribution in [0.4, 0.5) is 0 Å². The number of hydrogen-bond acceptors (Lipinski definition) is 6. The second-order valence-corrected chi connectivity index (χ2v) is 3.49. The SMILES string of the molecule is CS(=O)OOS(=O)OS(=O)O. The highest BCUT2D eigenvalue weighted by Gasteiger charge is 2.07. The van der Waals surface area contributed by atoms with E-state index in [4.69, 9.17) is 4.55 Å². The largest absolute Gasteiger partial charge is 0.350 e. The van der Waals surface area contributed by atoms with E-state index in [9.17, 15) is 12.6 Å². The van der Waals surface area contributed by atoms with Crippen molar-refractivity contribution in [3.8, 4) is 0 Å². The summed E-state index contributed by atoms with van der Waals surface area (Å²) in [7, 11) is 0. The summed E-state index contributed by atoms with van der Waals surface area (Å²) in [6, 6.07) is 0. The van der Waals surface area contributed by atoms with Crippen LogP contribution < -0.4 is 0 Å². The molecular formula is CH4O7S3. The summed E-state index contributed by atoms with van der Waals surface area (Å²) in [5.41, 5.74) is 0. The molecule has 10 heteroatoms. The summed E-state index contributed by atoms with van der Waals surface area (Å²) < 4.78 is 49.1. The maximum Gasteiger partial charge on any atom is 0.350 e. The topological polar surface area (TPSA) is 99.1 Å². The van der Waals surface area contributed by atoms with Gasteiger partial charge in [-0.05, 0) is 0 Å². The predicted octanol–water partition coefficient (Wildman–Crippen LogP) is -1.04. The zero-order valence-corrected chi connectivity index (χ0v) is 7.57. The quantitative estimate of drug-likeness (QED) is 0.361. The summed E-state index contributed by atoms with van der Waals surface area (Å²) >= 11 is -7.03. The molecule has 11 heavy (non-hydrogen) atoms. The second-order valence-electron chi connectivity index (χ2n) is 1.03. The van der Waals surface area contributed by atoms with Crippen molar-refractivity contribution in [2.24, 2.45) is 0 Å². The zero-order valence-electron chi connectivity index (χ0n) is 5.12. The van der Waals surface area contributed by atoms with E-state index in [-0.39, 0.29) is 0 Å². The fourth-order valence-corrected chi connectivity index (χ4v) is 1.09. The lowest BCUT2D eigenvalue weighted by atomic mass is 12.0. The van der Waals surface area contributed by atoms with Crippen LogP contribution in [0.2, 0.25) is 0 Å². The van der Waals surface area contributed by atoms with E-state index in [1.807, 2.05) is 0 Å². The van der Waals surface area contributed by atoms with Crippen molar-refractivity contribution in [2.75, 3.05) is 6.26 Å². The van der Waals surface area contributed by atoms with E-state index in [1.165, 1.54) is 0 Å². The van der Waals surface area contributed by atoms with Crippen molar-refractivity contribution in [3.05, 3.63) is 0 Å². The molecule has 3 unspecified atom stereocenters. The van der Waals surface area contributed by atoms with Gasteiger partial charge in [0.2, 0.25) is 0 Å². The van der Waals surface area contributed by atoms with Gasteiger partial charge in [0.15, 0.2) is 11.1 Å². The Labute approximate surface area is 70.0 Å². The molecule has 7 nitrogen and oxygen atoms in total. The number of hydrogen-bond donors (Lipinski definition) is 1. The van der Waals surface area contributed by atoms with Crippen LogP contribution in [-0.4, -0.2) is 23.4 Å². The van der Waals surface area contributed by atoms with E-state index < -0.39 is 33.8 Å². The van der Waals surface area contributed by atoms with Gasteiger partial charge < -0.3 is 0 Å². The van der Waals surface area contributed by atoms with Crippen LogP contribution in [0, 0.1) is 0 Å². The van der Waals surface area contributed by atoms with Crippen molar-refractivity contribution < 1.29 is 29.5 Å². The van der Waals surface area contributed by atoms with E-state index in [0.29, 0.717) is 0 Å². The van der Waals surface area contributed by atoms with E-state index in [2.05, 4.69) is 12.3 Å². The maximum atomic E-state index is 10.2. The summed E-state index contributed by atoms with van der Waals surface area (Å²) in [4.78, 5) is 0. The van der Waals surface area contributed by atoms with Gasteiger partial charge in [-0.2, -0.15) is 8.42 Å². The maximum absolute atomic E-state index is 10.2. The molecule has 68 valence electrons. The minimum Gasteiger partial charge on any atom is -0.283 e. The number of rotatable bonds is 5. The summed E-state index contributed by atoms with van der Waals surface area (Å²) in [5, 5.41) is 0. The molecular weight excluding hydrogens is 220 g/mol. The van der Waals surface area contributed by atoms with Crippen molar-refractivity contribution in [3.63, 3.8) is 0 Å². The zero-order chi connectivity index (χ0) is 8.85. The third-order valence-corrected chi connectivity index (χ3v) is 1.73. The molecule has 0 heterocycles. The van der Waals surface area contributed by atoms with Crippen LogP contribution in [-0.2, 0) is 46.1 Å². The minimum atomic E-state index is -2.71. The minimum absolute atomic E-state index is 1.10.